The van der Waals surface area contributed by atoms with Crippen LogP contribution in [0.1, 0.15) is 68.2 Å². The molecule has 0 spiro atoms. The van der Waals surface area contributed by atoms with Gasteiger partial charge in [0.05, 0.1) is 11.6 Å². The van der Waals surface area contributed by atoms with Crippen molar-refractivity contribution in [3.05, 3.63) is 35.9 Å². The highest BCUT2D eigenvalue weighted by atomic mass is 16.2. The summed E-state index contributed by atoms with van der Waals surface area (Å²) in [6.45, 7) is 7.42. The molecule has 1 aliphatic heterocycles. The molecule has 0 N–H and O–H groups in total. The zero-order valence-electron chi connectivity index (χ0n) is 16.8. The van der Waals surface area contributed by atoms with Crippen molar-refractivity contribution < 1.29 is 4.79 Å². The third-order valence-electron chi connectivity index (χ3n) is 6.39. The third kappa shape index (κ3) is 3.19. The van der Waals surface area contributed by atoms with Gasteiger partial charge in [-0.3, -0.25) is 14.7 Å². The van der Waals surface area contributed by atoms with E-state index in [1.54, 1.807) is 12.4 Å². The quantitative estimate of drug-likeness (QED) is 0.761. The standard InChI is InChI=1S/C20H29N7O/c1-3-26(4-2)20(19-22-23-24-27(19)17-9-5-6-10-17)11-13-25(15-20)18(28)16-8-7-12-21-14-16/h7-8,12,14,17H,3-6,9-11,13,15H2,1-2H3/t20-/m0/s1. The SMILES string of the molecule is CCN(CC)[C@@]1(c2nnnn2C2CCCC2)CCN(C(=O)c2cccnc2)C1. The van der Waals surface area contributed by atoms with Crippen LogP contribution in [0.4, 0.5) is 0 Å². The van der Waals surface area contributed by atoms with Crippen molar-refractivity contribution >= 4 is 5.91 Å². The highest BCUT2D eigenvalue weighted by Gasteiger charge is 2.49. The third-order valence-corrected chi connectivity index (χ3v) is 6.39. The number of rotatable bonds is 6. The van der Waals surface area contributed by atoms with Crippen LogP contribution in [0.25, 0.3) is 0 Å². The predicted octanol–water partition coefficient (Wildman–Crippen LogP) is 2.27. The van der Waals surface area contributed by atoms with E-state index in [1.165, 1.54) is 12.8 Å². The summed E-state index contributed by atoms with van der Waals surface area (Å²) in [5.74, 6) is 0.951. The number of carbonyl (C=O) groups excluding carboxylic acids is 1. The highest BCUT2D eigenvalue weighted by Crippen LogP contribution is 2.40. The fraction of sp³-hybridized carbons (Fsp3) is 0.650. The van der Waals surface area contributed by atoms with Crippen molar-refractivity contribution in [3.8, 4) is 0 Å². The molecule has 1 amide bonds. The molecule has 8 heteroatoms. The molecule has 1 aliphatic carbocycles. The number of amides is 1. The van der Waals surface area contributed by atoms with Crippen LogP contribution in [0.2, 0.25) is 0 Å². The largest absolute Gasteiger partial charge is 0.336 e. The van der Waals surface area contributed by atoms with E-state index in [0.29, 0.717) is 24.7 Å². The van der Waals surface area contributed by atoms with Gasteiger partial charge in [-0.15, -0.1) is 5.10 Å². The summed E-state index contributed by atoms with van der Waals surface area (Å²) >= 11 is 0. The predicted molar refractivity (Wildman–Crippen MR) is 105 cm³/mol. The van der Waals surface area contributed by atoms with E-state index in [1.807, 2.05) is 17.0 Å². The van der Waals surface area contributed by atoms with E-state index in [0.717, 1.165) is 38.2 Å². The van der Waals surface area contributed by atoms with Crippen LogP contribution >= 0.6 is 0 Å². The Balaban J connectivity index is 1.68. The summed E-state index contributed by atoms with van der Waals surface area (Å²) in [5, 5.41) is 12.9. The fourth-order valence-corrected chi connectivity index (χ4v) is 4.94. The van der Waals surface area contributed by atoms with Gasteiger partial charge >= 0.3 is 0 Å². The van der Waals surface area contributed by atoms with Gasteiger partial charge in [0, 0.05) is 25.5 Å². The summed E-state index contributed by atoms with van der Waals surface area (Å²) < 4.78 is 2.06. The van der Waals surface area contributed by atoms with Crippen molar-refractivity contribution in [1.82, 2.24) is 35.0 Å². The monoisotopic (exact) mass is 383 g/mol. The number of hydrogen-bond acceptors (Lipinski definition) is 6. The van der Waals surface area contributed by atoms with Crippen LogP contribution in [0.3, 0.4) is 0 Å². The number of hydrogen-bond donors (Lipinski definition) is 0. The normalized spacial score (nSPS) is 23.0. The number of tetrazole rings is 1. The molecule has 3 heterocycles. The zero-order chi connectivity index (χ0) is 19.6. The van der Waals surface area contributed by atoms with Crippen LogP contribution in [0, 0.1) is 0 Å². The molecular formula is C20H29N7O. The molecule has 1 atom stereocenters. The maximum Gasteiger partial charge on any atom is 0.255 e. The number of pyridine rings is 1. The number of carbonyl (C=O) groups is 1. The Hall–Kier alpha value is -2.35. The molecule has 150 valence electrons. The molecule has 2 aromatic heterocycles. The van der Waals surface area contributed by atoms with Crippen molar-refractivity contribution in [3.63, 3.8) is 0 Å². The van der Waals surface area contributed by atoms with Gasteiger partial charge in [-0.25, -0.2) is 4.68 Å². The number of likely N-dealkylation sites (N-methyl/N-ethyl adjacent to an activating group) is 1. The Labute approximate surface area is 165 Å². The molecule has 0 radical (unpaired) electrons. The van der Waals surface area contributed by atoms with Gasteiger partial charge < -0.3 is 4.90 Å². The number of aromatic nitrogens is 5. The van der Waals surface area contributed by atoms with Gasteiger partial charge in [0.15, 0.2) is 5.82 Å². The van der Waals surface area contributed by atoms with Gasteiger partial charge in [-0.05, 0) is 54.9 Å². The Morgan fingerprint density at radius 1 is 1.29 bits per heavy atom. The molecule has 2 aromatic rings. The van der Waals surface area contributed by atoms with Crippen molar-refractivity contribution in [2.75, 3.05) is 26.2 Å². The topological polar surface area (TPSA) is 80.0 Å². The molecule has 8 nitrogen and oxygen atoms in total. The molecule has 0 aromatic carbocycles. The zero-order valence-corrected chi connectivity index (χ0v) is 16.8. The Morgan fingerprint density at radius 3 is 2.75 bits per heavy atom. The average molecular weight is 384 g/mol. The molecule has 28 heavy (non-hydrogen) atoms. The Morgan fingerprint density at radius 2 is 2.07 bits per heavy atom. The lowest BCUT2D eigenvalue weighted by atomic mass is 9.94. The average Bonchev–Trinajstić information content (AvgIpc) is 3.48. The molecule has 1 saturated heterocycles. The highest BCUT2D eigenvalue weighted by molar-refractivity contribution is 5.94. The molecule has 2 fully saturated rings. The van der Waals surface area contributed by atoms with E-state index in [9.17, 15) is 4.79 Å². The second-order valence-corrected chi connectivity index (χ2v) is 7.81. The Kier molecular flexibility index (Phi) is 5.39. The fourth-order valence-electron chi connectivity index (χ4n) is 4.94. The molecule has 1 saturated carbocycles. The van der Waals surface area contributed by atoms with E-state index in [2.05, 4.69) is 43.9 Å². The van der Waals surface area contributed by atoms with E-state index < -0.39 is 0 Å². The molecule has 2 aliphatic rings. The van der Waals surface area contributed by atoms with Gasteiger partial charge in [0.2, 0.25) is 0 Å². The summed E-state index contributed by atoms with van der Waals surface area (Å²) in [7, 11) is 0. The molecule has 0 unspecified atom stereocenters. The first-order chi connectivity index (χ1) is 13.7. The van der Waals surface area contributed by atoms with Crippen LogP contribution in [-0.2, 0) is 5.54 Å². The smallest absolute Gasteiger partial charge is 0.255 e. The van der Waals surface area contributed by atoms with Crippen molar-refractivity contribution in [2.24, 2.45) is 0 Å². The first-order valence-corrected chi connectivity index (χ1v) is 10.4. The van der Waals surface area contributed by atoms with Crippen LogP contribution < -0.4 is 0 Å². The van der Waals surface area contributed by atoms with Gasteiger partial charge in [-0.1, -0.05) is 26.7 Å². The van der Waals surface area contributed by atoms with Gasteiger partial charge in [0.25, 0.3) is 5.91 Å². The van der Waals surface area contributed by atoms with Crippen molar-refractivity contribution in [1.29, 1.82) is 0 Å². The summed E-state index contributed by atoms with van der Waals surface area (Å²) in [4.78, 5) is 21.5. The lowest BCUT2D eigenvalue weighted by Gasteiger charge is -2.39. The first kappa shape index (κ1) is 19.0. The maximum atomic E-state index is 13.1. The minimum Gasteiger partial charge on any atom is -0.336 e. The number of nitrogens with zero attached hydrogens (tertiary/aromatic N) is 7. The van der Waals surface area contributed by atoms with Crippen molar-refractivity contribution in [2.45, 2.75) is 57.5 Å². The summed E-state index contributed by atoms with van der Waals surface area (Å²) in [6, 6.07) is 4.01. The van der Waals surface area contributed by atoms with Gasteiger partial charge in [-0.2, -0.15) is 0 Å². The van der Waals surface area contributed by atoms with Crippen LogP contribution in [0.5, 0.6) is 0 Å². The lowest BCUT2D eigenvalue weighted by Crippen LogP contribution is -2.50. The first-order valence-electron chi connectivity index (χ1n) is 10.4. The molecular weight excluding hydrogens is 354 g/mol. The van der Waals surface area contributed by atoms with E-state index in [-0.39, 0.29) is 11.4 Å². The lowest BCUT2D eigenvalue weighted by molar-refractivity contribution is 0.0660. The van der Waals surface area contributed by atoms with Crippen LogP contribution in [-0.4, -0.2) is 67.1 Å². The summed E-state index contributed by atoms with van der Waals surface area (Å²) in [6.07, 6.45) is 8.89. The Bertz CT molecular complexity index is 798. The maximum absolute atomic E-state index is 13.1. The van der Waals surface area contributed by atoms with E-state index in [4.69, 9.17) is 0 Å². The van der Waals surface area contributed by atoms with Gasteiger partial charge in [0.1, 0.15) is 5.54 Å². The second kappa shape index (κ2) is 7.95. The summed E-state index contributed by atoms with van der Waals surface area (Å²) in [5.41, 5.74) is 0.293. The number of likely N-dealkylation sites (tertiary alicyclic amines) is 1. The van der Waals surface area contributed by atoms with Crippen LogP contribution in [0.15, 0.2) is 24.5 Å². The van der Waals surface area contributed by atoms with E-state index >= 15 is 0 Å². The minimum absolute atomic E-state index is 0.0296. The molecule has 0 bridgehead atoms. The minimum atomic E-state index is -0.340. The second-order valence-electron chi connectivity index (χ2n) is 7.81. The molecule has 4 rings (SSSR count).